The summed E-state index contributed by atoms with van der Waals surface area (Å²) in [5.41, 5.74) is 5.68. The summed E-state index contributed by atoms with van der Waals surface area (Å²) >= 11 is 0. The Balaban J connectivity index is 3.63. The van der Waals surface area contributed by atoms with Crippen LogP contribution in [0.2, 0.25) is 0 Å². The zero-order valence-electron chi connectivity index (χ0n) is 10.4. The molecule has 0 saturated carbocycles. The van der Waals surface area contributed by atoms with Gasteiger partial charge in [-0.15, -0.1) is 0 Å². The topological polar surface area (TPSA) is 58.4 Å². The molecular weight excluding hydrogens is 190 g/mol. The minimum Gasteiger partial charge on any atom is -0.353 e. The second-order valence-corrected chi connectivity index (χ2v) is 4.26. The second kappa shape index (κ2) is 7.65. The molecule has 0 fully saturated rings. The first kappa shape index (κ1) is 14.4. The Hall–Kier alpha value is -0.610. The zero-order valence-corrected chi connectivity index (χ0v) is 10.4. The first-order valence-electron chi connectivity index (χ1n) is 5.72. The number of nitrogens with zero attached hydrogens (tertiary/aromatic N) is 1. The minimum absolute atomic E-state index is 0.0333. The summed E-state index contributed by atoms with van der Waals surface area (Å²) < 4.78 is 0. The lowest BCUT2D eigenvalue weighted by atomic mass is 10.2. The van der Waals surface area contributed by atoms with Crippen LogP contribution in [0.5, 0.6) is 0 Å². The molecule has 0 rings (SSSR count). The van der Waals surface area contributed by atoms with Crippen LogP contribution in [0.3, 0.4) is 0 Å². The van der Waals surface area contributed by atoms with Crippen LogP contribution in [0.15, 0.2) is 0 Å². The SMILES string of the molecule is CCC[C@H](N)C(=O)NCCN(C)C(C)C. The Morgan fingerprint density at radius 3 is 2.53 bits per heavy atom. The Morgan fingerprint density at radius 1 is 1.47 bits per heavy atom. The van der Waals surface area contributed by atoms with Gasteiger partial charge in [-0.05, 0) is 27.3 Å². The average molecular weight is 215 g/mol. The Morgan fingerprint density at radius 2 is 2.07 bits per heavy atom. The molecule has 0 aromatic heterocycles. The van der Waals surface area contributed by atoms with Crippen molar-refractivity contribution < 1.29 is 4.79 Å². The van der Waals surface area contributed by atoms with Gasteiger partial charge in [-0.3, -0.25) is 4.79 Å². The third-order valence-electron chi connectivity index (χ3n) is 2.58. The Kier molecular flexibility index (Phi) is 7.34. The molecule has 0 aliphatic heterocycles. The van der Waals surface area contributed by atoms with Crippen LogP contribution in [-0.2, 0) is 4.79 Å². The van der Waals surface area contributed by atoms with Crippen LogP contribution in [0, 0.1) is 0 Å². The lowest BCUT2D eigenvalue weighted by Gasteiger charge is -2.21. The number of nitrogens with one attached hydrogen (secondary N) is 1. The maximum absolute atomic E-state index is 11.4. The number of nitrogens with two attached hydrogens (primary N) is 1. The fraction of sp³-hybridized carbons (Fsp3) is 0.909. The van der Waals surface area contributed by atoms with Crippen LogP contribution in [0.1, 0.15) is 33.6 Å². The van der Waals surface area contributed by atoms with E-state index in [0.29, 0.717) is 12.6 Å². The third kappa shape index (κ3) is 6.47. The molecule has 4 nitrogen and oxygen atoms in total. The van der Waals surface area contributed by atoms with E-state index in [4.69, 9.17) is 5.73 Å². The van der Waals surface area contributed by atoms with E-state index in [-0.39, 0.29) is 11.9 Å². The van der Waals surface area contributed by atoms with Crippen LogP contribution >= 0.6 is 0 Å². The van der Waals surface area contributed by atoms with Crippen molar-refractivity contribution in [3.8, 4) is 0 Å². The molecule has 0 aliphatic rings. The van der Waals surface area contributed by atoms with Gasteiger partial charge in [0, 0.05) is 19.1 Å². The Labute approximate surface area is 93.2 Å². The van der Waals surface area contributed by atoms with Crippen molar-refractivity contribution >= 4 is 5.91 Å². The summed E-state index contributed by atoms with van der Waals surface area (Å²) in [7, 11) is 2.04. The van der Waals surface area contributed by atoms with Gasteiger partial charge in [0.2, 0.25) is 5.91 Å². The number of hydrogen-bond acceptors (Lipinski definition) is 3. The standard InChI is InChI=1S/C11H25N3O/c1-5-6-10(12)11(15)13-7-8-14(4)9(2)3/h9-10H,5-8,12H2,1-4H3,(H,13,15)/t10-/m0/s1. The summed E-state index contributed by atoms with van der Waals surface area (Å²) in [6.07, 6.45) is 1.70. The Bertz CT molecular complexity index is 183. The zero-order chi connectivity index (χ0) is 11.8. The van der Waals surface area contributed by atoms with Crippen molar-refractivity contribution in [2.45, 2.75) is 45.7 Å². The monoisotopic (exact) mass is 215 g/mol. The van der Waals surface area contributed by atoms with E-state index >= 15 is 0 Å². The van der Waals surface area contributed by atoms with Crippen molar-refractivity contribution in [1.82, 2.24) is 10.2 Å². The lowest BCUT2D eigenvalue weighted by Crippen LogP contribution is -2.43. The van der Waals surface area contributed by atoms with Crippen molar-refractivity contribution in [1.29, 1.82) is 0 Å². The van der Waals surface area contributed by atoms with E-state index < -0.39 is 0 Å². The van der Waals surface area contributed by atoms with Crippen molar-refractivity contribution in [3.05, 3.63) is 0 Å². The van der Waals surface area contributed by atoms with Crippen molar-refractivity contribution in [2.75, 3.05) is 20.1 Å². The highest BCUT2D eigenvalue weighted by Crippen LogP contribution is 1.94. The molecule has 0 saturated heterocycles. The molecule has 0 aliphatic carbocycles. The largest absolute Gasteiger partial charge is 0.353 e. The van der Waals surface area contributed by atoms with Gasteiger partial charge in [-0.2, -0.15) is 0 Å². The number of amides is 1. The molecule has 15 heavy (non-hydrogen) atoms. The summed E-state index contributed by atoms with van der Waals surface area (Å²) in [5, 5.41) is 2.85. The lowest BCUT2D eigenvalue weighted by molar-refractivity contribution is -0.122. The molecule has 1 atom stereocenters. The summed E-state index contributed by atoms with van der Waals surface area (Å²) in [5.74, 6) is -0.0333. The quantitative estimate of drug-likeness (QED) is 0.653. The molecule has 1 amide bonds. The molecule has 0 bridgehead atoms. The highest BCUT2D eigenvalue weighted by Gasteiger charge is 2.11. The maximum Gasteiger partial charge on any atom is 0.236 e. The van der Waals surface area contributed by atoms with Crippen LogP contribution in [-0.4, -0.2) is 43.0 Å². The first-order chi connectivity index (χ1) is 6.99. The van der Waals surface area contributed by atoms with Crippen LogP contribution in [0.4, 0.5) is 0 Å². The third-order valence-corrected chi connectivity index (χ3v) is 2.58. The van der Waals surface area contributed by atoms with Gasteiger partial charge in [0.1, 0.15) is 0 Å². The van der Waals surface area contributed by atoms with Crippen molar-refractivity contribution in [3.63, 3.8) is 0 Å². The van der Waals surface area contributed by atoms with Gasteiger partial charge in [-0.25, -0.2) is 0 Å². The summed E-state index contributed by atoms with van der Waals surface area (Å²) in [6, 6.07) is 0.158. The van der Waals surface area contributed by atoms with Gasteiger partial charge >= 0.3 is 0 Å². The van der Waals surface area contributed by atoms with E-state index in [1.54, 1.807) is 0 Å². The predicted octanol–water partition coefficient (Wildman–Crippen LogP) is 0.570. The summed E-state index contributed by atoms with van der Waals surface area (Å²) in [6.45, 7) is 7.82. The maximum atomic E-state index is 11.4. The smallest absolute Gasteiger partial charge is 0.236 e. The van der Waals surface area contributed by atoms with Gasteiger partial charge in [-0.1, -0.05) is 13.3 Å². The van der Waals surface area contributed by atoms with Crippen molar-refractivity contribution in [2.24, 2.45) is 5.73 Å². The van der Waals surface area contributed by atoms with Gasteiger partial charge in [0.05, 0.1) is 6.04 Å². The molecule has 4 heteroatoms. The summed E-state index contributed by atoms with van der Waals surface area (Å²) in [4.78, 5) is 13.6. The fourth-order valence-corrected chi connectivity index (χ4v) is 1.19. The second-order valence-electron chi connectivity index (χ2n) is 4.26. The number of carbonyl (C=O) groups excluding carboxylic acids is 1. The number of hydrogen-bond donors (Lipinski definition) is 2. The number of carbonyl (C=O) groups is 1. The van der Waals surface area contributed by atoms with E-state index in [1.165, 1.54) is 0 Å². The van der Waals surface area contributed by atoms with E-state index in [2.05, 4.69) is 24.1 Å². The highest BCUT2D eigenvalue weighted by molar-refractivity contribution is 5.81. The van der Waals surface area contributed by atoms with Gasteiger partial charge in [0.25, 0.3) is 0 Å². The highest BCUT2D eigenvalue weighted by atomic mass is 16.2. The molecule has 0 aromatic rings. The number of likely N-dealkylation sites (N-methyl/N-ethyl adjacent to an activating group) is 1. The number of rotatable bonds is 7. The molecule has 0 unspecified atom stereocenters. The first-order valence-corrected chi connectivity index (χ1v) is 5.72. The normalized spacial score (nSPS) is 13.3. The van der Waals surface area contributed by atoms with Gasteiger partial charge < -0.3 is 16.0 Å². The minimum atomic E-state index is -0.348. The van der Waals surface area contributed by atoms with Gasteiger partial charge in [0.15, 0.2) is 0 Å². The molecule has 0 radical (unpaired) electrons. The molecule has 0 heterocycles. The molecular formula is C11H25N3O. The van der Waals surface area contributed by atoms with E-state index in [0.717, 1.165) is 19.4 Å². The average Bonchev–Trinajstić information content (AvgIpc) is 2.17. The molecule has 3 N–H and O–H groups in total. The van der Waals surface area contributed by atoms with E-state index in [1.807, 2.05) is 14.0 Å². The fourth-order valence-electron chi connectivity index (χ4n) is 1.19. The molecule has 90 valence electrons. The molecule has 0 aromatic carbocycles. The van der Waals surface area contributed by atoms with Crippen LogP contribution < -0.4 is 11.1 Å². The van der Waals surface area contributed by atoms with E-state index in [9.17, 15) is 4.79 Å². The van der Waals surface area contributed by atoms with Crippen LogP contribution in [0.25, 0.3) is 0 Å². The molecule has 0 spiro atoms. The predicted molar refractivity (Wildman–Crippen MR) is 63.7 cm³/mol.